The Balaban J connectivity index is 1.64. The van der Waals surface area contributed by atoms with E-state index in [1.54, 1.807) is 13.2 Å². The van der Waals surface area contributed by atoms with Crippen LogP contribution in [0.4, 0.5) is 5.69 Å². The monoisotopic (exact) mass is 326 g/mol. The molecule has 0 atom stereocenters. The van der Waals surface area contributed by atoms with Crippen LogP contribution >= 0.6 is 0 Å². The normalized spacial score (nSPS) is 14.6. The molecule has 1 amide bonds. The molecule has 1 aromatic carbocycles. The van der Waals surface area contributed by atoms with Gasteiger partial charge in [0.25, 0.3) is 5.91 Å². The van der Waals surface area contributed by atoms with Gasteiger partial charge in [0.1, 0.15) is 17.3 Å². The fourth-order valence-electron chi connectivity index (χ4n) is 2.95. The van der Waals surface area contributed by atoms with Crippen LogP contribution in [-0.2, 0) is 0 Å². The summed E-state index contributed by atoms with van der Waals surface area (Å²) in [5.41, 5.74) is 2.46. The van der Waals surface area contributed by atoms with Crippen LogP contribution in [0.3, 0.4) is 0 Å². The van der Waals surface area contributed by atoms with E-state index < -0.39 is 0 Å². The standard InChI is InChI=1S/C18H22N4O2/c1-13-12-17(20-14(2)19-13)18(23)22-10-8-21(9-11-22)15-4-6-16(24-3)7-5-15/h4-7,12H,8-11H2,1-3H3. The zero-order valence-electron chi connectivity index (χ0n) is 14.3. The molecule has 0 saturated carbocycles. The number of aryl methyl sites for hydroxylation is 2. The third-order valence-electron chi connectivity index (χ3n) is 4.19. The minimum Gasteiger partial charge on any atom is -0.497 e. The Labute approximate surface area is 142 Å². The molecule has 24 heavy (non-hydrogen) atoms. The number of hydrogen-bond donors (Lipinski definition) is 0. The fourth-order valence-corrected chi connectivity index (χ4v) is 2.95. The van der Waals surface area contributed by atoms with Crippen LogP contribution in [0.15, 0.2) is 30.3 Å². The summed E-state index contributed by atoms with van der Waals surface area (Å²) < 4.78 is 5.19. The SMILES string of the molecule is COc1ccc(N2CCN(C(=O)c3cc(C)nc(C)n3)CC2)cc1. The zero-order valence-corrected chi connectivity index (χ0v) is 14.3. The first-order chi connectivity index (χ1) is 11.6. The predicted octanol–water partition coefficient (Wildman–Crippen LogP) is 2.06. The lowest BCUT2D eigenvalue weighted by atomic mass is 10.2. The molecule has 1 aliphatic rings. The number of rotatable bonds is 3. The number of piperazine rings is 1. The molecule has 0 unspecified atom stereocenters. The van der Waals surface area contributed by atoms with Gasteiger partial charge in [0, 0.05) is 37.6 Å². The number of methoxy groups -OCH3 is 1. The summed E-state index contributed by atoms with van der Waals surface area (Å²) in [7, 11) is 1.66. The number of anilines is 1. The average Bonchev–Trinajstić information content (AvgIpc) is 2.60. The molecule has 6 heteroatoms. The Kier molecular flexibility index (Phi) is 4.64. The van der Waals surface area contributed by atoms with E-state index in [9.17, 15) is 4.79 Å². The Morgan fingerprint density at radius 2 is 1.71 bits per heavy atom. The quantitative estimate of drug-likeness (QED) is 0.864. The van der Waals surface area contributed by atoms with Crippen molar-refractivity contribution in [3.05, 3.63) is 47.5 Å². The van der Waals surface area contributed by atoms with Crippen LogP contribution in [0.25, 0.3) is 0 Å². The second-order valence-corrected chi connectivity index (χ2v) is 5.92. The van der Waals surface area contributed by atoms with Crippen LogP contribution in [-0.4, -0.2) is 54.1 Å². The van der Waals surface area contributed by atoms with Crippen LogP contribution in [0, 0.1) is 13.8 Å². The third-order valence-corrected chi connectivity index (χ3v) is 4.19. The molecule has 3 rings (SSSR count). The lowest BCUT2D eigenvalue weighted by Crippen LogP contribution is -2.49. The van der Waals surface area contributed by atoms with Gasteiger partial charge in [0.05, 0.1) is 7.11 Å². The number of ether oxygens (including phenoxy) is 1. The van der Waals surface area contributed by atoms with Crippen molar-refractivity contribution in [3.63, 3.8) is 0 Å². The fraction of sp³-hybridized carbons (Fsp3) is 0.389. The van der Waals surface area contributed by atoms with Gasteiger partial charge in [-0.3, -0.25) is 4.79 Å². The van der Waals surface area contributed by atoms with E-state index in [1.165, 1.54) is 0 Å². The molecule has 126 valence electrons. The van der Waals surface area contributed by atoms with Gasteiger partial charge >= 0.3 is 0 Å². The van der Waals surface area contributed by atoms with Gasteiger partial charge in [-0.1, -0.05) is 0 Å². The molecular weight excluding hydrogens is 304 g/mol. The highest BCUT2D eigenvalue weighted by Gasteiger charge is 2.23. The highest BCUT2D eigenvalue weighted by molar-refractivity contribution is 5.92. The largest absolute Gasteiger partial charge is 0.497 e. The average molecular weight is 326 g/mol. The molecule has 0 aliphatic carbocycles. The number of hydrogen-bond acceptors (Lipinski definition) is 5. The molecule has 2 heterocycles. The van der Waals surface area contributed by atoms with E-state index in [0.717, 1.165) is 30.2 Å². The molecule has 1 fully saturated rings. The lowest BCUT2D eigenvalue weighted by molar-refractivity contribution is 0.0740. The van der Waals surface area contributed by atoms with Crippen molar-refractivity contribution in [1.29, 1.82) is 0 Å². The number of benzene rings is 1. The minimum absolute atomic E-state index is 0.0158. The van der Waals surface area contributed by atoms with Crippen molar-refractivity contribution < 1.29 is 9.53 Å². The molecule has 1 aromatic heterocycles. The Morgan fingerprint density at radius 3 is 2.29 bits per heavy atom. The molecule has 6 nitrogen and oxygen atoms in total. The maximum absolute atomic E-state index is 12.6. The molecule has 1 aliphatic heterocycles. The number of nitrogens with zero attached hydrogens (tertiary/aromatic N) is 4. The van der Waals surface area contributed by atoms with Gasteiger partial charge in [0.2, 0.25) is 0 Å². The summed E-state index contributed by atoms with van der Waals surface area (Å²) in [6, 6.07) is 9.77. The summed E-state index contributed by atoms with van der Waals surface area (Å²) in [6.07, 6.45) is 0. The van der Waals surface area contributed by atoms with Crippen molar-refractivity contribution in [2.24, 2.45) is 0 Å². The van der Waals surface area contributed by atoms with Gasteiger partial charge < -0.3 is 14.5 Å². The number of carbonyl (C=O) groups is 1. The zero-order chi connectivity index (χ0) is 17.1. The third kappa shape index (κ3) is 3.48. The van der Waals surface area contributed by atoms with Gasteiger partial charge in [-0.25, -0.2) is 9.97 Å². The number of aromatic nitrogens is 2. The van der Waals surface area contributed by atoms with Crippen molar-refractivity contribution in [3.8, 4) is 5.75 Å². The first-order valence-electron chi connectivity index (χ1n) is 8.07. The molecule has 0 spiro atoms. The summed E-state index contributed by atoms with van der Waals surface area (Å²) in [4.78, 5) is 25.3. The maximum atomic E-state index is 12.6. The van der Waals surface area contributed by atoms with Crippen molar-refractivity contribution in [2.75, 3.05) is 38.2 Å². The van der Waals surface area contributed by atoms with E-state index in [0.29, 0.717) is 24.6 Å². The first-order valence-corrected chi connectivity index (χ1v) is 8.07. The van der Waals surface area contributed by atoms with Crippen molar-refractivity contribution in [2.45, 2.75) is 13.8 Å². The first kappa shape index (κ1) is 16.2. The highest BCUT2D eigenvalue weighted by atomic mass is 16.5. The van der Waals surface area contributed by atoms with Crippen molar-refractivity contribution >= 4 is 11.6 Å². The Hall–Kier alpha value is -2.63. The Morgan fingerprint density at radius 1 is 1.04 bits per heavy atom. The van der Waals surface area contributed by atoms with Gasteiger partial charge in [0.15, 0.2) is 0 Å². The van der Waals surface area contributed by atoms with Crippen molar-refractivity contribution in [1.82, 2.24) is 14.9 Å². The lowest BCUT2D eigenvalue weighted by Gasteiger charge is -2.36. The van der Waals surface area contributed by atoms with E-state index in [-0.39, 0.29) is 5.91 Å². The van der Waals surface area contributed by atoms with E-state index in [2.05, 4.69) is 14.9 Å². The molecule has 1 saturated heterocycles. The number of carbonyl (C=O) groups excluding carboxylic acids is 1. The highest BCUT2D eigenvalue weighted by Crippen LogP contribution is 2.21. The van der Waals surface area contributed by atoms with Gasteiger partial charge in [-0.05, 0) is 44.2 Å². The van der Waals surface area contributed by atoms with Gasteiger partial charge in [-0.2, -0.15) is 0 Å². The second kappa shape index (κ2) is 6.86. The molecule has 0 N–H and O–H groups in total. The summed E-state index contributed by atoms with van der Waals surface area (Å²) >= 11 is 0. The van der Waals surface area contributed by atoms with Crippen LogP contribution < -0.4 is 9.64 Å². The van der Waals surface area contributed by atoms with E-state index >= 15 is 0 Å². The number of amides is 1. The predicted molar refractivity (Wildman–Crippen MR) is 92.6 cm³/mol. The maximum Gasteiger partial charge on any atom is 0.272 e. The smallest absolute Gasteiger partial charge is 0.272 e. The van der Waals surface area contributed by atoms with E-state index in [4.69, 9.17) is 4.74 Å². The Bertz CT molecular complexity index is 702. The van der Waals surface area contributed by atoms with Crippen LogP contribution in [0.1, 0.15) is 22.0 Å². The van der Waals surface area contributed by atoms with Crippen LogP contribution in [0.5, 0.6) is 5.75 Å². The topological polar surface area (TPSA) is 58.6 Å². The summed E-state index contributed by atoms with van der Waals surface area (Å²) in [5, 5.41) is 0. The second-order valence-electron chi connectivity index (χ2n) is 5.92. The van der Waals surface area contributed by atoms with E-state index in [1.807, 2.05) is 43.0 Å². The summed E-state index contributed by atoms with van der Waals surface area (Å²) in [6.45, 7) is 6.68. The minimum atomic E-state index is -0.0158. The molecular formula is C18H22N4O2. The van der Waals surface area contributed by atoms with Crippen LogP contribution in [0.2, 0.25) is 0 Å². The molecule has 2 aromatic rings. The molecule has 0 bridgehead atoms. The van der Waals surface area contributed by atoms with Gasteiger partial charge in [-0.15, -0.1) is 0 Å². The summed E-state index contributed by atoms with van der Waals surface area (Å²) in [5.74, 6) is 1.47. The molecule has 0 radical (unpaired) electrons.